The topological polar surface area (TPSA) is 82.5 Å². The van der Waals surface area contributed by atoms with Gasteiger partial charge in [0.15, 0.2) is 5.69 Å². The summed E-state index contributed by atoms with van der Waals surface area (Å²) in [7, 11) is 0. The molecule has 4 aromatic rings. The number of hydrogen-bond acceptors (Lipinski definition) is 5. The molecule has 0 unspecified atom stereocenters. The molecule has 1 aromatic carbocycles. The van der Waals surface area contributed by atoms with Crippen molar-refractivity contribution in [3.8, 4) is 28.5 Å². The van der Waals surface area contributed by atoms with Crippen LogP contribution in [0.25, 0.3) is 28.5 Å². The third kappa shape index (κ3) is 3.97. The number of imidazole rings is 1. The molecule has 0 amide bonds. The van der Waals surface area contributed by atoms with Gasteiger partial charge >= 0.3 is 6.18 Å². The predicted molar refractivity (Wildman–Crippen MR) is 107 cm³/mol. The molecule has 10 heteroatoms. The summed E-state index contributed by atoms with van der Waals surface area (Å²) in [6.45, 7) is 1.77. The third-order valence-corrected chi connectivity index (χ3v) is 4.78. The number of nitrogen functional groups attached to an aromatic ring is 1. The highest BCUT2D eigenvalue weighted by molar-refractivity contribution is 6.31. The molecule has 0 atom stereocenters. The fourth-order valence-corrected chi connectivity index (χ4v) is 2.90. The Morgan fingerprint density at radius 1 is 0.967 bits per heavy atom. The molecule has 0 aliphatic heterocycles. The van der Waals surface area contributed by atoms with Crippen molar-refractivity contribution in [3.63, 3.8) is 0 Å². The molecule has 6 nitrogen and oxygen atoms in total. The molecule has 2 N–H and O–H groups in total. The van der Waals surface area contributed by atoms with Crippen LogP contribution >= 0.6 is 11.6 Å². The second-order valence-corrected chi connectivity index (χ2v) is 6.95. The van der Waals surface area contributed by atoms with E-state index in [1.165, 1.54) is 23.3 Å². The molecular formula is C20H14ClF3N6. The fraction of sp³-hybridized carbons (Fsp3) is 0.100. The van der Waals surface area contributed by atoms with Crippen molar-refractivity contribution in [2.24, 2.45) is 0 Å². The van der Waals surface area contributed by atoms with Gasteiger partial charge in [-0.2, -0.15) is 13.2 Å². The molecule has 0 saturated carbocycles. The Morgan fingerprint density at radius 2 is 1.73 bits per heavy atom. The first-order chi connectivity index (χ1) is 14.2. The van der Waals surface area contributed by atoms with Crippen LogP contribution in [0.4, 0.5) is 19.0 Å². The minimum Gasteiger partial charge on any atom is -0.384 e. The van der Waals surface area contributed by atoms with Gasteiger partial charge in [0.2, 0.25) is 5.95 Å². The van der Waals surface area contributed by atoms with E-state index in [4.69, 9.17) is 17.3 Å². The summed E-state index contributed by atoms with van der Waals surface area (Å²) in [5, 5.41) is 0.514. The van der Waals surface area contributed by atoms with E-state index in [0.717, 1.165) is 11.6 Å². The van der Waals surface area contributed by atoms with Crippen LogP contribution in [0.5, 0.6) is 0 Å². The van der Waals surface area contributed by atoms with Crippen molar-refractivity contribution < 1.29 is 13.2 Å². The van der Waals surface area contributed by atoms with Gasteiger partial charge in [0.1, 0.15) is 12.1 Å². The smallest absolute Gasteiger partial charge is 0.384 e. The van der Waals surface area contributed by atoms with E-state index in [9.17, 15) is 13.2 Å². The van der Waals surface area contributed by atoms with Crippen LogP contribution in [0, 0.1) is 6.92 Å². The molecule has 0 fully saturated rings. The number of nitrogens with zero attached hydrogens (tertiary/aromatic N) is 5. The average molecular weight is 431 g/mol. The van der Waals surface area contributed by atoms with Crippen molar-refractivity contribution in [3.05, 3.63) is 71.4 Å². The Balaban J connectivity index is 1.81. The number of nitrogens with two attached hydrogens (primary N) is 1. The van der Waals surface area contributed by atoms with Crippen LogP contribution in [-0.4, -0.2) is 24.5 Å². The number of benzene rings is 1. The van der Waals surface area contributed by atoms with Crippen LogP contribution in [0.1, 0.15) is 11.3 Å². The first-order valence-electron chi connectivity index (χ1n) is 8.70. The quantitative estimate of drug-likeness (QED) is 0.497. The second kappa shape index (κ2) is 7.42. The molecule has 152 valence electrons. The Morgan fingerprint density at radius 3 is 2.40 bits per heavy atom. The molecule has 0 aliphatic rings. The summed E-state index contributed by atoms with van der Waals surface area (Å²) in [6.07, 6.45) is -0.243. The lowest BCUT2D eigenvalue weighted by atomic mass is 10.1. The first-order valence-corrected chi connectivity index (χ1v) is 9.07. The van der Waals surface area contributed by atoms with Gasteiger partial charge in [-0.15, -0.1) is 0 Å². The maximum atomic E-state index is 13.5. The van der Waals surface area contributed by atoms with E-state index in [1.807, 2.05) is 0 Å². The summed E-state index contributed by atoms with van der Waals surface area (Å²) in [5.74, 6) is 0.192. The van der Waals surface area contributed by atoms with Crippen LogP contribution in [0.3, 0.4) is 0 Å². The van der Waals surface area contributed by atoms with Gasteiger partial charge in [-0.05, 0) is 42.8 Å². The number of rotatable bonds is 3. The van der Waals surface area contributed by atoms with Crippen molar-refractivity contribution in [2.45, 2.75) is 13.1 Å². The number of aromatic nitrogens is 5. The number of hydrogen-bond donors (Lipinski definition) is 1. The van der Waals surface area contributed by atoms with Gasteiger partial charge in [-0.25, -0.2) is 19.9 Å². The maximum Gasteiger partial charge on any atom is 0.433 e. The lowest BCUT2D eigenvalue weighted by molar-refractivity contribution is -0.141. The summed E-state index contributed by atoms with van der Waals surface area (Å²) >= 11 is 6.03. The molecule has 3 heterocycles. The molecule has 0 aliphatic carbocycles. The highest BCUT2D eigenvalue weighted by Crippen LogP contribution is 2.32. The summed E-state index contributed by atoms with van der Waals surface area (Å²) in [6, 6.07) is 9.13. The minimum atomic E-state index is -4.64. The van der Waals surface area contributed by atoms with Gasteiger partial charge in [-0.3, -0.25) is 4.57 Å². The molecule has 0 saturated heterocycles. The Kier molecular flexibility index (Phi) is 4.90. The highest BCUT2D eigenvalue weighted by Gasteiger charge is 2.34. The van der Waals surface area contributed by atoms with E-state index in [1.54, 1.807) is 37.3 Å². The molecule has 3 aromatic heterocycles. The van der Waals surface area contributed by atoms with Crippen LogP contribution in [0.2, 0.25) is 5.02 Å². The summed E-state index contributed by atoms with van der Waals surface area (Å²) < 4.78 is 41.7. The third-order valence-electron chi connectivity index (χ3n) is 4.35. The lowest BCUT2D eigenvalue weighted by Crippen LogP contribution is -2.12. The monoisotopic (exact) mass is 430 g/mol. The molecular weight excluding hydrogens is 417 g/mol. The number of halogens is 4. The Labute approximate surface area is 174 Å². The predicted octanol–water partition coefficient (Wildman–Crippen LogP) is 4.95. The number of aryl methyl sites for hydroxylation is 1. The first kappa shape index (κ1) is 19.8. The molecule has 0 bridgehead atoms. The summed E-state index contributed by atoms with van der Waals surface area (Å²) in [4.78, 5) is 16.2. The highest BCUT2D eigenvalue weighted by atomic mass is 35.5. The molecule has 4 rings (SSSR count). The van der Waals surface area contributed by atoms with Crippen LogP contribution < -0.4 is 5.73 Å². The normalized spacial score (nSPS) is 11.6. The zero-order chi connectivity index (χ0) is 21.5. The van der Waals surface area contributed by atoms with Crippen molar-refractivity contribution in [1.29, 1.82) is 0 Å². The largest absolute Gasteiger partial charge is 0.433 e. The van der Waals surface area contributed by atoms with Gasteiger partial charge in [0, 0.05) is 28.5 Å². The summed E-state index contributed by atoms with van der Waals surface area (Å²) in [5.41, 5.74) is 7.01. The van der Waals surface area contributed by atoms with Crippen molar-refractivity contribution >= 4 is 17.4 Å². The van der Waals surface area contributed by atoms with Gasteiger partial charge in [-0.1, -0.05) is 17.7 Å². The zero-order valence-electron chi connectivity index (χ0n) is 15.5. The Hall–Kier alpha value is -3.46. The Bertz CT molecular complexity index is 1220. The zero-order valence-corrected chi connectivity index (χ0v) is 16.3. The van der Waals surface area contributed by atoms with Crippen molar-refractivity contribution in [1.82, 2.24) is 24.5 Å². The number of anilines is 1. The average Bonchev–Trinajstić information content (AvgIpc) is 3.20. The van der Waals surface area contributed by atoms with E-state index < -0.39 is 11.9 Å². The number of alkyl halides is 3. The van der Waals surface area contributed by atoms with Crippen LogP contribution in [0.15, 0.2) is 55.1 Å². The second-order valence-electron chi connectivity index (χ2n) is 6.54. The van der Waals surface area contributed by atoms with Crippen molar-refractivity contribution in [2.75, 3.05) is 5.73 Å². The lowest BCUT2D eigenvalue weighted by Gasteiger charge is -2.11. The fourth-order valence-electron chi connectivity index (χ4n) is 2.79. The van der Waals surface area contributed by atoms with Gasteiger partial charge in [0.25, 0.3) is 0 Å². The number of pyridine rings is 1. The van der Waals surface area contributed by atoms with E-state index in [2.05, 4.69) is 19.9 Å². The molecule has 30 heavy (non-hydrogen) atoms. The standard InChI is InChI=1S/C20H14ClF3N6/c1-11-6-12(2-4-14(11)21)15-7-17(20(22,23)24)29-19(28-15)30-9-16(27-10-30)13-3-5-18(25)26-8-13/h2-10H,1H3,(H2,25,26). The van der Waals surface area contributed by atoms with Crippen LogP contribution in [-0.2, 0) is 6.18 Å². The van der Waals surface area contributed by atoms with E-state index in [0.29, 0.717) is 27.7 Å². The molecule has 0 radical (unpaired) electrons. The van der Waals surface area contributed by atoms with Gasteiger partial charge < -0.3 is 5.73 Å². The maximum absolute atomic E-state index is 13.5. The van der Waals surface area contributed by atoms with E-state index >= 15 is 0 Å². The van der Waals surface area contributed by atoms with E-state index in [-0.39, 0.29) is 11.6 Å². The van der Waals surface area contributed by atoms with Gasteiger partial charge in [0.05, 0.1) is 11.4 Å². The minimum absolute atomic E-state index is 0.122. The SMILES string of the molecule is Cc1cc(-c2cc(C(F)(F)F)nc(-n3cnc(-c4ccc(N)nc4)c3)n2)ccc1Cl. The molecule has 0 spiro atoms.